The van der Waals surface area contributed by atoms with E-state index in [0.717, 1.165) is 17.5 Å². The molecule has 0 heterocycles. The van der Waals surface area contributed by atoms with E-state index in [0.29, 0.717) is 17.7 Å². The van der Waals surface area contributed by atoms with Gasteiger partial charge in [-0.2, -0.15) is 0 Å². The van der Waals surface area contributed by atoms with Gasteiger partial charge in [-0.05, 0) is 52.8 Å². The van der Waals surface area contributed by atoms with Gasteiger partial charge in [0.15, 0.2) is 0 Å². The molecule has 0 aliphatic heterocycles. The Morgan fingerprint density at radius 1 is 1.09 bits per heavy atom. The molecule has 7 nitrogen and oxygen atoms in total. The number of hydrogen-bond acceptors (Lipinski definition) is 3. The van der Waals surface area contributed by atoms with Gasteiger partial charge in [0.25, 0.3) is 0 Å². The first-order valence-corrected chi connectivity index (χ1v) is 7.94. The van der Waals surface area contributed by atoms with Crippen LogP contribution in [0.5, 0.6) is 0 Å². The Bertz CT molecular complexity index is 817. The maximum absolute atomic E-state index is 11.5. The first-order chi connectivity index (χ1) is 11.1. The third-order valence-corrected chi connectivity index (χ3v) is 3.63. The minimum absolute atomic E-state index is 0.360. The quantitative estimate of drug-likeness (QED) is 0.367. The van der Waals surface area contributed by atoms with E-state index in [4.69, 9.17) is 5.53 Å². The van der Waals surface area contributed by atoms with Crippen molar-refractivity contribution in [1.29, 1.82) is 0 Å². The van der Waals surface area contributed by atoms with E-state index in [1.54, 1.807) is 30.3 Å². The molecule has 0 bridgehead atoms. The average Bonchev–Trinajstić information content (AvgIpc) is 2.54. The lowest BCUT2D eigenvalue weighted by Gasteiger charge is -2.05. The van der Waals surface area contributed by atoms with Crippen molar-refractivity contribution in [3.8, 4) is 0 Å². The summed E-state index contributed by atoms with van der Waals surface area (Å²) in [5, 5.41) is 3.07. The van der Waals surface area contributed by atoms with Gasteiger partial charge in [0.1, 0.15) is 0 Å². The number of carbonyl (C=O) groups excluding carboxylic acids is 1. The number of amides is 1. The second-order valence-corrected chi connectivity index (χ2v) is 5.50. The molecule has 23 heavy (non-hydrogen) atoms. The Morgan fingerprint density at radius 2 is 1.78 bits per heavy atom. The van der Waals surface area contributed by atoms with Crippen LogP contribution < -0.4 is 4.72 Å². The third kappa shape index (κ3) is 5.14. The number of carbonyl (C=O) groups is 1. The summed E-state index contributed by atoms with van der Waals surface area (Å²) in [6, 6.07) is 14.0. The molecule has 2 aromatic carbocycles. The summed E-state index contributed by atoms with van der Waals surface area (Å²) in [4.78, 5) is 14.0. The van der Waals surface area contributed by atoms with Crippen LogP contribution in [0.3, 0.4) is 0 Å². The van der Waals surface area contributed by atoms with Crippen LogP contribution in [-0.2, 0) is 23.7 Å². The van der Waals surface area contributed by atoms with Gasteiger partial charge < -0.3 is 0 Å². The van der Waals surface area contributed by atoms with E-state index in [9.17, 15) is 13.2 Å². The van der Waals surface area contributed by atoms with E-state index < -0.39 is 16.8 Å². The number of thiol groups is 1. The molecule has 0 radical (unpaired) electrons. The van der Waals surface area contributed by atoms with Gasteiger partial charge in [-0.3, -0.25) is 9.52 Å². The average molecular weight is 330 g/mol. The molecule has 1 amide bonds. The number of anilines is 1. The molecule has 0 atom stereocenters. The van der Waals surface area contributed by atoms with Crippen LogP contribution >= 0.6 is 0 Å². The topological polar surface area (TPSA) is 112 Å². The highest BCUT2D eigenvalue weighted by atomic mass is 32.2. The third-order valence-electron chi connectivity index (χ3n) is 3.19. The molecule has 0 saturated carbocycles. The first kappa shape index (κ1) is 16.5. The van der Waals surface area contributed by atoms with Crippen molar-refractivity contribution in [3.63, 3.8) is 0 Å². The largest absolute Gasteiger partial charge is 0.287 e. The number of hydrogen-bond donors (Lipinski definition) is 2. The fourth-order valence-electron chi connectivity index (χ4n) is 2.10. The normalized spacial score (nSPS) is 10.1. The van der Waals surface area contributed by atoms with E-state index in [1.807, 2.05) is 18.2 Å². The molecule has 0 aliphatic carbocycles. The molecule has 1 N–H and O–H groups in total. The summed E-state index contributed by atoms with van der Waals surface area (Å²) >= 11 is 0. The van der Waals surface area contributed by atoms with Crippen LogP contribution in [0.25, 0.3) is 10.4 Å². The van der Waals surface area contributed by atoms with Crippen molar-refractivity contribution in [2.24, 2.45) is 5.11 Å². The summed E-state index contributed by atoms with van der Waals surface area (Å²) in [5.74, 6) is -0.600. The van der Waals surface area contributed by atoms with E-state index in [2.05, 4.69) is 14.7 Å². The summed E-state index contributed by atoms with van der Waals surface area (Å²) in [6.45, 7) is 0. The number of nitrogens with zero attached hydrogens (tertiary/aromatic N) is 3. The van der Waals surface area contributed by atoms with Crippen molar-refractivity contribution in [2.45, 2.75) is 12.8 Å². The number of benzene rings is 2. The molecule has 8 heteroatoms. The lowest BCUT2D eigenvalue weighted by Crippen LogP contribution is -1.98. The number of rotatable bonds is 6. The second kappa shape index (κ2) is 7.98. The molecule has 2 rings (SSSR count). The fraction of sp³-hybridized carbons (Fsp3) is 0.133. The first-order valence-electron chi connectivity index (χ1n) is 6.77. The lowest BCUT2D eigenvalue weighted by atomic mass is 10.0. The summed E-state index contributed by atoms with van der Waals surface area (Å²) in [7, 11) is -2.66. The van der Waals surface area contributed by atoms with Gasteiger partial charge in [0, 0.05) is 16.2 Å². The molecular formula is C15H14N4O3S. The van der Waals surface area contributed by atoms with Crippen LogP contribution in [0, 0.1) is 0 Å². The molecule has 2 aromatic rings. The van der Waals surface area contributed by atoms with Crippen molar-refractivity contribution in [1.82, 2.24) is 0 Å². The Balaban J connectivity index is 2.02. The monoisotopic (exact) mass is 330 g/mol. The van der Waals surface area contributed by atoms with Crippen LogP contribution in [0.1, 0.15) is 21.5 Å². The van der Waals surface area contributed by atoms with Crippen LogP contribution in [0.15, 0.2) is 53.6 Å². The Labute approximate surface area is 134 Å². The zero-order valence-electron chi connectivity index (χ0n) is 12.0. The number of aryl methyl sites for hydroxylation is 2. The Morgan fingerprint density at radius 3 is 2.43 bits per heavy atom. The van der Waals surface area contributed by atoms with Crippen LogP contribution in [0.4, 0.5) is 5.69 Å². The van der Waals surface area contributed by atoms with Gasteiger partial charge in [0.05, 0.1) is 0 Å². The minimum atomic E-state index is -2.66. The zero-order valence-corrected chi connectivity index (χ0v) is 12.9. The molecular weight excluding hydrogens is 316 g/mol. The maximum Gasteiger partial charge on any atom is 0.249 e. The fourth-order valence-corrected chi connectivity index (χ4v) is 2.46. The maximum atomic E-state index is 11.5. The van der Waals surface area contributed by atoms with E-state index in [-0.39, 0.29) is 0 Å². The molecule has 0 saturated heterocycles. The van der Waals surface area contributed by atoms with Crippen LogP contribution in [-0.4, -0.2) is 14.3 Å². The van der Waals surface area contributed by atoms with Gasteiger partial charge in [0.2, 0.25) is 16.8 Å². The van der Waals surface area contributed by atoms with Crippen molar-refractivity contribution >= 4 is 22.5 Å². The summed E-state index contributed by atoms with van der Waals surface area (Å²) < 4.78 is 23.4. The highest BCUT2D eigenvalue weighted by Gasteiger charge is 2.04. The highest BCUT2D eigenvalue weighted by Crippen LogP contribution is 2.13. The lowest BCUT2D eigenvalue weighted by molar-refractivity contribution is 0.1000. The molecule has 0 unspecified atom stereocenters. The predicted octanol–water partition coefficient (Wildman–Crippen LogP) is 2.86. The highest BCUT2D eigenvalue weighted by molar-refractivity contribution is 7.73. The SMILES string of the molecule is [N-]=[N+]=NC(=O)c1cccc(CCc2ccc(N[SH](=O)=O)cc2)c1. The minimum Gasteiger partial charge on any atom is -0.287 e. The van der Waals surface area contributed by atoms with Crippen molar-refractivity contribution in [2.75, 3.05) is 4.72 Å². The molecule has 118 valence electrons. The predicted molar refractivity (Wildman–Crippen MR) is 87.7 cm³/mol. The molecule has 0 aliphatic rings. The van der Waals surface area contributed by atoms with Gasteiger partial charge in [-0.1, -0.05) is 30.3 Å². The van der Waals surface area contributed by atoms with Gasteiger partial charge in [-0.15, -0.1) is 0 Å². The second-order valence-electron chi connectivity index (χ2n) is 4.76. The Hall–Kier alpha value is -2.83. The number of nitrogens with one attached hydrogen (secondary N) is 1. The smallest absolute Gasteiger partial charge is 0.249 e. The van der Waals surface area contributed by atoms with Gasteiger partial charge >= 0.3 is 0 Å². The summed E-state index contributed by atoms with van der Waals surface area (Å²) in [5.41, 5.74) is 11.2. The zero-order chi connectivity index (χ0) is 16.7. The molecule has 0 aromatic heterocycles. The Kier molecular flexibility index (Phi) is 5.74. The molecule has 0 fully saturated rings. The van der Waals surface area contributed by atoms with Crippen LogP contribution in [0.2, 0.25) is 0 Å². The van der Waals surface area contributed by atoms with Crippen molar-refractivity contribution < 1.29 is 13.2 Å². The standard InChI is InChI=1S/C15H14N4O3S/c16-19-17-15(20)13-3-1-2-12(10-13)5-4-11-6-8-14(9-7-11)18-23(21)22/h1-3,6-10,23H,4-5H2,(H,18,21,22). The number of azide groups is 1. The molecule has 0 spiro atoms. The van der Waals surface area contributed by atoms with Crippen molar-refractivity contribution in [3.05, 3.63) is 75.7 Å². The van der Waals surface area contributed by atoms with E-state index >= 15 is 0 Å². The van der Waals surface area contributed by atoms with Gasteiger partial charge in [-0.25, -0.2) is 8.42 Å². The van der Waals surface area contributed by atoms with E-state index in [1.165, 1.54) is 0 Å². The summed E-state index contributed by atoms with van der Waals surface area (Å²) in [6.07, 6.45) is 1.45.